The number of aryl methyl sites for hydroxylation is 4. The molecule has 1 heterocycles. The van der Waals surface area contributed by atoms with Crippen LogP contribution in [0.1, 0.15) is 133 Å². The summed E-state index contributed by atoms with van der Waals surface area (Å²) in [5.41, 5.74) is 7.31. The highest BCUT2D eigenvalue weighted by Gasteiger charge is 2.26. The van der Waals surface area contributed by atoms with Crippen LogP contribution in [-0.4, -0.2) is 40.4 Å². The van der Waals surface area contributed by atoms with Crippen molar-refractivity contribution in [1.82, 2.24) is 4.90 Å². The fourth-order valence-electron chi connectivity index (χ4n) is 6.04. The van der Waals surface area contributed by atoms with Gasteiger partial charge in [0.2, 0.25) is 0 Å². The molecule has 43 heavy (non-hydrogen) atoms. The van der Waals surface area contributed by atoms with Gasteiger partial charge in [-0.1, -0.05) is 126 Å². The Kier molecular flexibility index (Phi) is 21.7. The maximum Gasteiger partial charge on any atom is 0.154 e. The molecule has 0 radical (unpaired) electrons. The number of hydrogen-bond acceptors (Lipinski definition) is 3. The smallest absolute Gasteiger partial charge is 0.154 e. The van der Waals surface area contributed by atoms with Gasteiger partial charge in [-0.25, -0.2) is 0 Å². The van der Waals surface area contributed by atoms with E-state index >= 15 is 0 Å². The average Bonchev–Trinajstić information content (AvgIpc) is 2.99. The number of likely N-dealkylation sites (tertiary alicyclic amines) is 1. The van der Waals surface area contributed by atoms with Crippen molar-refractivity contribution >= 4 is 27.5 Å². The third kappa shape index (κ3) is 14.2. The van der Waals surface area contributed by atoms with E-state index in [1.165, 1.54) is 91.2 Å². The normalized spacial score (nSPS) is 16.1. The van der Waals surface area contributed by atoms with Crippen molar-refractivity contribution < 1.29 is 9.59 Å². The van der Waals surface area contributed by atoms with Gasteiger partial charge in [0.25, 0.3) is 0 Å². The molecule has 0 N–H and O–H groups in total. The molecule has 0 aromatic heterocycles. The SMILES string of the molecule is C.C.C1CCCCC1.CCC(Br)C(=O)Cc1c(C)cccc1C.CCC(C(=O)Cc1c(C)cccc1C)N1CCCCC1. The first-order chi connectivity index (χ1) is 19.7. The maximum atomic E-state index is 12.7. The van der Waals surface area contributed by atoms with Crippen LogP contribution in [-0.2, 0) is 22.4 Å². The van der Waals surface area contributed by atoms with Crippen molar-refractivity contribution in [3.8, 4) is 0 Å². The van der Waals surface area contributed by atoms with E-state index in [-0.39, 0.29) is 31.5 Å². The second-order valence-electron chi connectivity index (χ2n) is 12.0. The number of carbonyl (C=O) groups excluding carboxylic acids is 2. The summed E-state index contributed by atoms with van der Waals surface area (Å²) in [4.78, 5) is 26.9. The number of hydrogen-bond donors (Lipinski definition) is 0. The predicted molar refractivity (Wildman–Crippen MR) is 193 cm³/mol. The van der Waals surface area contributed by atoms with Crippen LogP contribution in [0, 0.1) is 27.7 Å². The quantitative estimate of drug-likeness (QED) is 0.252. The monoisotopic (exact) mass is 657 g/mol. The summed E-state index contributed by atoms with van der Waals surface area (Å²) in [6, 6.07) is 12.6. The first kappa shape index (κ1) is 41.2. The molecule has 2 aromatic rings. The van der Waals surface area contributed by atoms with E-state index < -0.39 is 0 Å². The van der Waals surface area contributed by atoms with Crippen LogP contribution in [0.2, 0.25) is 0 Å². The number of nitrogens with zero attached hydrogens (tertiary/aromatic N) is 1. The Balaban J connectivity index is 0.000000677. The van der Waals surface area contributed by atoms with Crippen LogP contribution >= 0.6 is 15.9 Å². The zero-order chi connectivity index (χ0) is 30.2. The highest BCUT2D eigenvalue weighted by molar-refractivity contribution is 9.10. The standard InChI is InChI=1S/C18H27NO.C13H17BrO.C6H12.2CH4/c1-4-17(19-11-6-5-7-12-19)18(20)13-16-14(2)9-8-10-15(16)3;1-4-12(14)13(15)8-11-9(2)6-5-7-10(11)3;1-2-4-6-5-3-1;;/h8-10,17H,4-7,11-13H2,1-3H3;5-7,12H,4,8H2,1-3H3;1-6H2;2*1H4. The fourth-order valence-corrected chi connectivity index (χ4v) is 6.20. The number of halogens is 1. The fraction of sp³-hybridized carbons (Fsp3) is 0.641. The van der Waals surface area contributed by atoms with E-state index in [1.807, 2.05) is 13.0 Å². The number of ketones is 2. The first-order valence-electron chi connectivity index (χ1n) is 16.2. The Morgan fingerprint density at radius 1 is 0.628 bits per heavy atom. The summed E-state index contributed by atoms with van der Waals surface area (Å²) in [6.45, 7) is 14.7. The Morgan fingerprint density at radius 2 is 0.977 bits per heavy atom. The largest absolute Gasteiger partial charge is 0.298 e. The number of piperidine rings is 1. The molecule has 0 amide bonds. The predicted octanol–water partition coefficient (Wildman–Crippen LogP) is 10.9. The van der Waals surface area contributed by atoms with Crippen molar-refractivity contribution in [3.63, 3.8) is 0 Å². The summed E-state index contributed by atoms with van der Waals surface area (Å²) in [5, 5.41) is 0. The number of Topliss-reactive ketones (excluding diaryl/α,β-unsaturated/α-hetero) is 2. The number of benzene rings is 2. The van der Waals surface area contributed by atoms with E-state index in [0.29, 0.717) is 18.6 Å². The van der Waals surface area contributed by atoms with Gasteiger partial charge in [0.1, 0.15) is 0 Å². The Hall–Kier alpha value is -1.78. The lowest BCUT2D eigenvalue weighted by Crippen LogP contribution is -2.44. The number of rotatable bonds is 9. The summed E-state index contributed by atoms with van der Waals surface area (Å²) in [6.07, 6.45) is 15.7. The van der Waals surface area contributed by atoms with Crippen molar-refractivity contribution in [1.29, 1.82) is 0 Å². The van der Waals surface area contributed by atoms with Gasteiger partial charge in [0.05, 0.1) is 10.9 Å². The van der Waals surface area contributed by atoms with Crippen LogP contribution in [0.4, 0.5) is 0 Å². The van der Waals surface area contributed by atoms with Crippen LogP contribution in [0.5, 0.6) is 0 Å². The van der Waals surface area contributed by atoms with Crippen LogP contribution in [0.15, 0.2) is 36.4 Å². The molecule has 244 valence electrons. The molecule has 2 fully saturated rings. The Bertz CT molecular complexity index is 1020. The Morgan fingerprint density at radius 3 is 1.33 bits per heavy atom. The second kappa shape index (κ2) is 22.7. The van der Waals surface area contributed by atoms with Crippen LogP contribution in [0.3, 0.4) is 0 Å². The summed E-state index contributed by atoms with van der Waals surface area (Å²) < 4.78 is 0. The molecule has 4 heteroatoms. The molecule has 0 spiro atoms. The highest BCUT2D eigenvalue weighted by Crippen LogP contribution is 2.20. The van der Waals surface area contributed by atoms with Crippen molar-refractivity contribution in [2.24, 2.45) is 0 Å². The maximum absolute atomic E-state index is 12.7. The lowest BCUT2D eigenvalue weighted by molar-refractivity contribution is -0.124. The van der Waals surface area contributed by atoms with Gasteiger partial charge in [0, 0.05) is 12.8 Å². The minimum Gasteiger partial charge on any atom is -0.298 e. The molecule has 1 saturated heterocycles. The molecule has 1 aliphatic heterocycles. The molecule has 2 atom stereocenters. The topological polar surface area (TPSA) is 37.4 Å². The third-order valence-electron chi connectivity index (χ3n) is 8.79. The summed E-state index contributed by atoms with van der Waals surface area (Å²) in [5.74, 6) is 0.668. The van der Waals surface area contributed by atoms with Crippen LogP contribution in [0.25, 0.3) is 0 Å². The second-order valence-corrected chi connectivity index (χ2v) is 13.2. The van der Waals surface area contributed by atoms with Gasteiger partial charge < -0.3 is 0 Å². The van der Waals surface area contributed by atoms with E-state index in [0.717, 1.165) is 25.9 Å². The van der Waals surface area contributed by atoms with Gasteiger partial charge in [-0.3, -0.25) is 14.5 Å². The van der Waals surface area contributed by atoms with E-state index in [1.54, 1.807) is 0 Å². The van der Waals surface area contributed by atoms with E-state index in [4.69, 9.17) is 0 Å². The molecule has 2 unspecified atom stereocenters. The minimum absolute atomic E-state index is 0. The molecule has 2 aliphatic rings. The lowest BCUT2D eigenvalue weighted by Gasteiger charge is -2.33. The minimum atomic E-state index is -0.00324. The van der Waals surface area contributed by atoms with E-state index in [2.05, 4.69) is 85.8 Å². The molecule has 3 nitrogen and oxygen atoms in total. The third-order valence-corrected chi connectivity index (χ3v) is 9.95. The molecular weight excluding hydrogens is 594 g/mol. The Labute approximate surface area is 274 Å². The summed E-state index contributed by atoms with van der Waals surface area (Å²) in [7, 11) is 0. The van der Waals surface area contributed by atoms with Crippen molar-refractivity contribution in [2.45, 2.75) is 151 Å². The molecule has 1 aliphatic carbocycles. The zero-order valence-electron chi connectivity index (χ0n) is 26.9. The molecule has 0 bridgehead atoms. The number of carbonyl (C=O) groups is 2. The zero-order valence-corrected chi connectivity index (χ0v) is 28.5. The summed E-state index contributed by atoms with van der Waals surface area (Å²) >= 11 is 3.40. The molecular formula is C39H64BrNO2. The van der Waals surface area contributed by atoms with Gasteiger partial charge in [-0.2, -0.15) is 0 Å². The van der Waals surface area contributed by atoms with Crippen molar-refractivity contribution in [2.75, 3.05) is 13.1 Å². The molecule has 4 rings (SSSR count). The van der Waals surface area contributed by atoms with Gasteiger partial charge in [-0.05, 0) is 99.8 Å². The van der Waals surface area contributed by atoms with Gasteiger partial charge >= 0.3 is 0 Å². The molecule has 1 saturated carbocycles. The van der Waals surface area contributed by atoms with Crippen molar-refractivity contribution in [3.05, 3.63) is 69.8 Å². The van der Waals surface area contributed by atoms with Gasteiger partial charge in [-0.15, -0.1) is 0 Å². The average molecular weight is 659 g/mol. The van der Waals surface area contributed by atoms with E-state index in [9.17, 15) is 9.59 Å². The van der Waals surface area contributed by atoms with Crippen LogP contribution < -0.4 is 0 Å². The van der Waals surface area contributed by atoms with Gasteiger partial charge in [0.15, 0.2) is 11.6 Å². The highest BCUT2D eigenvalue weighted by atomic mass is 79.9. The number of alkyl halides is 1. The lowest BCUT2D eigenvalue weighted by atomic mass is 9.93. The first-order valence-corrected chi connectivity index (χ1v) is 17.1. The molecule has 2 aromatic carbocycles.